The van der Waals surface area contributed by atoms with Crippen LogP contribution in [0.2, 0.25) is 0 Å². The maximum absolute atomic E-state index is 12.8. The number of aromatic nitrogens is 4. The minimum Gasteiger partial charge on any atom is -0.545 e. The molecule has 11 heteroatoms. The average molecular weight is 450 g/mol. The van der Waals surface area contributed by atoms with Crippen molar-refractivity contribution in [2.24, 2.45) is 0 Å². The molecule has 0 aliphatic carbocycles. The standard InChI is InChI=1S/C22H21N5O6/c1-31-13-6-4-5-12(9-13)20-24-25-26-27(20)17-11-33-18-16(10-32-19(17)18)23-21(28)14-7-2-3-8-15(14)22(29)30/h2-9,16-19H,10-11H2,1H3,(H,23,28)(H,29,30)/p-1/t16-,17-,18+,19+/m0/s1. The second-order valence-corrected chi connectivity index (χ2v) is 7.76. The zero-order chi connectivity index (χ0) is 22.9. The Balaban J connectivity index is 1.34. The van der Waals surface area contributed by atoms with E-state index in [0.717, 1.165) is 5.56 Å². The minimum absolute atomic E-state index is 0.0243. The number of aromatic carboxylic acids is 1. The monoisotopic (exact) mass is 450 g/mol. The number of carbonyl (C=O) groups excluding carboxylic acids is 2. The van der Waals surface area contributed by atoms with E-state index in [9.17, 15) is 14.7 Å². The number of hydrogen-bond acceptors (Lipinski definition) is 9. The number of rotatable bonds is 6. The molecule has 11 nitrogen and oxygen atoms in total. The molecule has 0 bridgehead atoms. The second-order valence-electron chi connectivity index (χ2n) is 7.76. The maximum atomic E-state index is 12.8. The number of nitrogens with zero attached hydrogens (tertiary/aromatic N) is 4. The van der Waals surface area contributed by atoms with Crippen molar-refractivity contribution in [2.45, 2.75) is 24.3 Å². The van der Waals surface area contributed by atoms with E-state index in [2.05, 4.69) is 20.8 Å². The summed E-state index contributed by atoms with van der Waals surface area (Å²) in [6.45, 7) is 0.501. The molecule has 0 unspecified atom stereocenters. The molecule has 2 aliphatic rings. The Morgan fingerprint density at radius 2 is 1.88 bits per heavy atom. The lowest BCUT2D eigenvalue weighted by molar-refractivity contribution is -0.255. The molecule has 0 spiro atoms. The third kappa shape index (κ3) is 3.81. The Labute approximate surface area is 188 Å². The molecule has 2 aliphatic heterocycles. The van der Waals surface area contributed by atoms with Gasteiger partial charge in [0.05, 0.1) is 32.3 Å². The van der Waals surface area contributed by atoms with E-state index in [1.807, 2.05) is 24.3 Å². The lowest BCUT2D eigenvalue weighted by Gasteiger charge is -2.19. The first-order valence-corrected chi connectivity index (χ1v) is 10.3. The summed E-state index contributed by atoms with van der Waals surface area (Å²) in [5, 5.41) is 26.3. The van der Waals surface area contributed by atoms with Crippen molar-refractivity contribution in [2.75, 3.05) is 20.3 Å². The minimum atomic E-state index is -1.41. The van der Waals surface area contributed by atoms with Crippen LogP contribution in [0.25, 0.3) is 11.4 Å². The fourth-order valence-corrected chi connectivity index (χ4v) is 4.29. The summed E-state index contributed by atoms with van der Waals surface area (Å²) < 4.78 is 18.9. The molecule has 3 aromatic rings. The lowest BCUT2D eigenvalue weighted by Crippen LogP contribution is -2.44. The molecule has 3 heterocycles. The molecule has 4 atom stereocenters. The van der Waals surface area contributed by atoms with Crippen molar-refractivity contribution in [3.05, 3.63) is 59.7 Å². The van der Waals surface area contributed by atoms with Crippen molar-refractivity contribution in [1.29, 1.82) is 0 Å². The van der Waals surface area contributed by atoms with Gasteiger partial charge in [0.1, 0.15) is 24.0 Å². The van der Waals surface area contributed by atoms with Gasteiger partial charge < -0.3 is 29.4 Å². The maximum Gasteiger partial charge on any atom is 0.252 e. The van der Waals surface area contributed by atoms with Gasteiger partial charge >= 0.3 is 0 Å². The van der Waals surface area contributed by atoms with Crippen molar-refractivity contribution in [3.8, 4) is 17.1 Å². The van der Waals surface area contributed by atoms with Crippen LogP contribution in [0.5, 0.6) is 5.75 Å². The van der Waals surface area contributed by atoms with E-state index >= 15 is 0 Å². The van der Waals surface area contributed by atoms with Crippen molar-refractivity contribution >= 4 is 11.9 Å². The van der Waals surface area contributed by atoms with Gasteiger partial charge in [-0.3, -0.25) is 4.79 Å². The molecule has 33 heavy (non-hydrogen) atoms. The van der Waals surface area contributed by atoms with E-state index in [1.165, 1.54) is 18.2 Å². The third-order valence-electron chi connectivity index (χ3n) is 5.87. The fourth-order valence-electron chi connectivity index (χ4n) is 4.29. The van der Waals surface area contributed by atoms with Crippen molar-refractivity contribution in [3.63, 3.8) is 0 Å². The van der Waals surface area contributed by atoms with Gasteiger partial charge in [0.25, 0.3) is 5.91 Å². The van der Waals surface area contributed by atoms with Gasteiger partial charge in [-0.05, 0) is 28.6 Å². The number of tetrazole rings is 1. The highest BCUT2D eigenvalue weighted by molar-refractivity contribution is 6.04. The Morgan fingerprint density at radius 1 is 1.09 bits per heavy atom. The Kier molecular flexibility index (Phi) is 5.48. The number of nitrogens with one attached hydrogen (secondary N) is 1. The van der Waals surface area contributed by atoms with Crippen molar-refractivity contribution in [1.82, 2.24) is 25.5 Å². The van der Waals surface area contributed by atoms with Crippen LogP contribution in [0.3, 0.4) is 0 Å². The highest BCUT2D eigenvalue weighted by atomic mass is 16.6. The SMILES string of the molecule is COc1cccc(-c2nnnn2[C@H]2CO[C@H]3[C@@H]2OC[C@@H]3NC(=O)c2ccccc2C(=O)[O-])c1. The summed E-state index contributed by atoms with van der Waals surface area (Å²) in [6.07, 6.45) is -0.823. The fraction of sp³-hybridized carbons (Fsp3) is 0.318. The summed E-state index contributed by atoms with van der Waals surface area (Å²) in [7, 11) is 1.59. The zero-order valence-electron chi connectivity index (χ0n) is 17.6. The molecular weight excluding hydrogens is 430 g/mol. The Morgan fingerprint density at radius 3 is 2.67 bits per heavy atom. The largest absolute Gasteiger partial charge is 0.545 e. The highest BCUT2D eigenvalue weighted by Gasteiger charge is 2.50. The highest BCUT2D eigenvalue weighted by Crippen LogP contribution is 2.36. The van der Waals surface area contributed by atoms with Crippen LogP contribution in [-0.2, 0) is 9.47 Å². The van der Waals surface area contributed by atoms with Crippen LogP contribution >= 0.6 is 0 Å². The van der Waals surface area contributed by atoms with Crippen molar-refractivity contribution < 1.29 is 28.9 Å². The number of carboxylic acid groups (broad SMARTS) is 1. The number of carboxylic acids is 1. The average Bonchev–Trinajstić information content (AvgIpc) is 3.56. The predicted molar refractivity (Wildman–Crippen MR) is 110 cm³/mol. The first-order chi connectivity index (χ1) is 16.1. The zero-order valence-corrected chi connectivity index (χ0v) is 17.6. The van der Waals surface area contributed by atoms with E-state index in [4.69, 9.17) is 14.2 Å². The normalized spacial score (nSPS) is 23.8. The van der Waals surface area contributed by atoms with Gasteiger partial charge in [-0.1, -0.05) is 30.3 Å². The van der Waals surface area contributed by atoms with Gasteiger partial charge in [0, 0.05) is 16.7 Å². The molecule has 5 rings (SSSR count). The van der Waals surface area contributed by atoms with Crippen LogP contribution in [-0.4, -0.2) is 70.7 Å². The molecule has 2 aromatic carbocycles. The number of methoxy groups -OCH3 is 1. The van der Waals surface area contributed by atoms with Gasteiger partial charge in [0.15, 0.2) is 5.82 Å². The summed E-state index contributed by atoms with van der Waals surface area (Å²) in [5.41, 5.74) is 0.633. The molecule has 2 fully saturated rings. The molecule has 1 aromatic heterocycles. The Hall–Kier alpha value is -3.83. The number of ether oxygens (including phenoxy) is 3. The molecule has 0 saturated carbocycles. The number of benzene rings is 2. The summed E-state index contributed by atoms with van der Waals surface area (Å²) in [4.78, 5) is 24.1. The molecule has 170 valence electrons. The third-order valence-corrected chi connectivity index (χ3v) is 5.87. The summed E-state index contributed by atoms with van der Waals surface area (Å²) in [5.74, 6) is -0.723. The smallest absolute Gasteiger partial charge is 0.252 e. The van der Waals surface area contributed by atoms with Gasteiger partial charge in [-0.25, -0.2) is 4.68 Å². The summed E-state index contributed by atoms with van der Waals surface area (Å²) in [6, 6.07) is 12.5. The van der Waals surface area contributed by atoms with Crippen LogP contribution in [0, 0.1) is 0 Å². The quantitative estimate of drug-likeness (QED) is 0.543. The van der Waals surface area contributed by atoms with E-state index in [1.54, 1.807) is 17.9 Å². The molecular formula is C22H20N5O6-. The Bertz CT molecular complexity index is 1200. The molecule has 1 N–H and O–H groups in total. The van der Waals surface area contributed by atoms with E-state index in [-0.39, 0.29) is 29.9 Å². The second kappa shape index (κ2) is 8.60. The van der Waals surface area contributed by atoms with Crippen LogP contribution in [0.4, 0.5) is 0 Å². The summed E-state index contributed by atoms with van der Waals surface area (Å²) >= 11 is 0. The van der Waals surface area contributed by atoms with Crippen LogP contribution in [0.1, 0.15) is 26.8 Å². The van der Waals surface area contributed by atoms with Crippen LogP contribution in [0.15, 0.2) is 48.5 Å². The van der Waals surface area contributed by atoms with Gasteiger partial charge in [-0.15, -0.1) is 5.10 Å². The van der Waals surface area contributed by atoms with E-state index < -0.39 is 24.0 Å². The molecule has 0 radical (unpaired) electrons. The first-order valence-electron chi connectivity index (χ1n) is 10.3. The number of carbonyl (C=O) groups is 2. The van der Waals surface area contributed by atoms with E-state index in [0.29, 0.717) is 18.2 Å². The number of amides is 1. The topological polar surface area (TPSA) is 141 Å². The molecule has 1 amide bonds. The van der Waals surface area contributed by atoms with Crippen LogP contribution < -0.4 is 15.2 Å². The van der Waals surface area contributed by atoms with Gasteiger partial charge in [-0.2, -0.15) is 0 Å². The molecule has 2 saturated heterocycles. The first kappa shape index (κ1) is 21.0. The predicted octanol–water partition coefficient (Wildman–Crippen LogP) is -0.150. The van der Waals surface area contributed by atoms with Gasteiger partial charge in [0.2, 0.25) is 0 Å². The number of hydrogen-bond donors (Lipinski definition) is 1. The lowest BCUT2D eigenvalue weighted by atomic mass is 10.0. The number of fused-ring (bicyclic) bond motifs is 1.